The molecule has 0 aliphatic rings. The maximum Gasteiger partial charge on any atom is 0.250 e. The number of carbonyl (C=O) groups is 1. The molecule has 0 aromatic rings. The van der Waals surface area contributed by atoms with Crippen LogP contribution in [-0.2, 0) is 19.6 Å². The molecule has 0 spiro atoms. The van der Waals surface area contributed by atoms with Gasteiger partial charge in [-0.05, 0) is 33.1 Å². The first-order chi connectivity index (χ1) is 9.60. The number of hydrogen-bond acceptors (Lipinski definition) is 4. The van der Waals surface area contributed by atoms with Crippen molar-refractivity contribution in [1.82, 2.24) is 9.62 Å². The topological polar surface area (TPSA) is 75.7 Å². The molecule has 132 valence electrons. The first kappa shape index (κ1) is 21.3. The minimum atomic E-state index is -3.46. The minimum absolute atomic E-state index is 0.0115. The average molecular weight is 336 g/mol. The van der Waals surface area contributed by atoms with Crippen LogP contribution >= 0.6 is 0 Å². The molecule has 1 amide bonds. The van der Waals surface area contributed by atoms with Gasteiger partial charge in [0, 0.05) is 19.1 Å². The summed E-state index contributed by atoms with van der Waals surface area (Å²) in [5.41, 5.74) is -0.780. The number of amides is 1. The van der Waals surface area contributed by atoms with Gasteiger partial charge in [-0.2, -0.15) is 4.31 Å². The van der Waals surface area contributed by atoms with Gasteiger partial charge >= 0.3 is 0 Å². The van der Waals surface area contributed by atoms with Gasteiger partial charge < -0.3 is 10.1 Å². The summed E-state index contributed by atoms with van der Waals surface area (Å²) in [6.45, 7) is 13.3. The van der Waals surface area contributed by atoms with Gasteiger partial charge in [0.25, 0.3) is 0 Å². The molecule has 0 aliphatic heterocycles. The molecule has 0 rings (SSSR count). The lowest BCUT2D eigenvalue weighted by Gasteiger charge is -2.37. The van der Waals surface area contributed by atoms with Gasteiger partial charge in [0.1, 0.15) is 6.10 Å². The van der Waals surface area contributed by atoms with E-state index in [9.17, 15) is 13.2 Å². The third-order valence-corrected chi connectivity index (χ3v) is 5.10. The Balaban J connectivity index is 5.42. The molecule has 0 saturated heterocycles. The highest BCUT2D eigenvalue weighted by Gasteiger charge is 2.36. The molecule has 0 aromatic heterocycles. The lowest BCUT2D eigenvalue weighted by Crippen LogP contribution is -2.53. The van der Waals surface area contributed by atoms with Crippen molar-refractivity contribution in [2.75, 3.05) is 19.8 Å². The molecule has 7 heteroatoms. The second-order valence-corrected chi connectivity index (χ2v) is 9.62. The number of nitrogens with one attached hydrogen (secondary N) is 1. The molecular weight excluding hydrogens is 304 g/mol. The van der Waals surface area contributed by atoms with Crippen molar-refractivity contribution < 1.29 is 17.9 Å². The largest absolute Gasteiger partial charge is 0.364 e. The van der Waals surface area contributed by atoms with Crippen LogP contribution in [0.15, 0.2) is 0 Å². The first-order valence-electron chi connectivity index (χ1n) is 7.45. The Bertz CT molecular complexity index is 475. The Morgan fingerprint density at radius 1 is 1.18 bits per heavy atom. The number of rotatable bonds is 6. The number of nitrogens with zero attached hydrogens (tertiary/aromatic N) is 1. The summed E-state index contributed by atoms with van der Waals surface area (Å²) in [5, 5.41) is 2.54. The number of carbonyl (C=O) groups excluding carboxylic acids is 1. The Hall–Kier alpha value is -0.660. The van der Waals surface area contributed by atoms with Gasteiger partial charge in [-0.25, -0.2) is 8.42 Å². The molecule has 0 aliphatic carbocycles. The van der Waals surface area contributed by atoms with E-state index in [0.717, 1.165) is 6.26 Å². The van der Waals surface area contributed by atoms with Crippen molar-refractivity contribution >= 4 is 15.9 Å². The highest BCUT2D eigenvalue weighted by Crippen LogP contribution is 2.25. The molecule has 0 fully saturated rings. The van der Waals surface area contributed by atoms with Crippen LogP contribution in [0.5, 0.6) is 0 Å². The molecule has 22 heavy (non-hydrogen) atoms. The van der Waals surface area contributed by atoms with Crippen LogP contribution in [-0.4, -0.2) is 56.2 Å². The van der Waals surface area contributed by atoms with Gasteiger partial charge in [-0.15, -0.1) is 0 Å². The molecule has 2 atom stereocenters. The SMILES string of the molecule is CNC(=O)C(CN(C(C)(C)C)S(C)(=O)=O)OC(C)C(C)(C)C. The van der Waals surface area contributed by atoms with Crippen molar-refractivity contribution in [3.63, 3.8) is 0 Å². The van der Waals surface area contributed by atoms with Gasteiger partial charge in [0.2, 0.25) is 15.9 Å². The number of sulfonamides is 1. The molecule has 0 heterocycles. The lowest BCUT2D eigenvalue weighted by molar-refractivity contribution is -0.141. The normalized spacial score (nSPS) is 16.5. The van der Waals surface area contributed by atoms with E-state index in [1.54, 1.807) is 20.8 Å². The Morgan fingerprint density at radius 2 is 1.64 bits per heavy atom. The second-order valence-electron chi connectivity index (χ2n) is 7.71. The van der Waals surface area contributed by atoms with Crippen LogP contribution in [0.4, 0.5) is 0 Å². The predicted octanol–water partition coefficient (Wildman–Crippen LogP) is 1.61. The van der Waals surface area contributed by atoms with E-state index in [1.807, 2.05) is 27.7 Å². The van der Waals surface area contributed by atoms with Gasteiger partial charge in [-0.1, -0.05) is 20.8 Å². The van der Waals surface area contributed by atoms with Crippen LogP contribution in [0.25, 0.3) is 0 Å². The van der Waals surface area contributed by atoms with Gasteiger partial charge in [0.15, 0.2) is 0 Å². The van der Waals surface area contributed by atoms with E-state index in [0.29, 0.717) is 0 Å². The quantitative estimate of drug-likeness (QED) is 0.799. The summed E-state index contributed by atoms with van der Waals surface area (Å²) in [4.78, 5) is 12.1. The molecule has 1 N–H and O–H groups in total. The standard InChI is InChI=1S/C15H32N2O4S/c1-11(14(2,3)4)21-12(13(18)16-8)10-17(15(5,6)7)22(9,19)20/h11-12H,10H2,1-9H3,(H,16,18). The van der Waals surface area contributed by atoms with Crippen LogP contribution in [0.2, 0.25) is 0 Å². The number of hydrogen-bond donors (Lipinski definition) is 1. The molecular formula is C15H32N2O4S. The Kier molecular flexibility index (Phi) is 7.06. The third kappa shape index (κ3) is 6.62. The van der Waals surface area contributed by atoms with Gasteiger partial charge in [0.05, 0.1) is 12.4 Å². The molecule has 0 saturated carbocycles. The summed E-state index contributed by atoms with van der Waals surface area (Å²) in [7, 11) is -1.94. The molecule has 0 aromatic carbocycles. The highest BCUT2D eigenvalue weighted by molar-refractivity contribution is 7.88. The number of ether oxygens (including phenoxy) is 1. The summed E-state index contributed by atoms with van der Waals surface area (Å²) in [5.74, 6) is -0.325. The van der Waals surface area contributed by atoms with Crippen molar-refractivity contribution in [1.29, 1.82) is 0 Å². The summed E-state index contributed by atoms with van der Waals surface area (Å²) >= 11 is 0. The zero-order valence-corrected chi connectivity index (χ0v) is 16.2. The van der Waals surface area contributed by atoms with E-state index in [4.69, 9.17) is 4.74 Å². The third-order valence-electron chi connectivity index (χ3n) is 3.61. The zero-order valence-electron chi connectivity index (χ0n) is 15.4. The van der Waals surface area contributed by atoms with Crippen molar-refractivity contribution in [3.05, 3.63) is 0 Å². The molecule has 0 bridgehead atoms. The predicted molar refractivity (Wildman–Crippen MR) is 89.2 cm³/mol. The lowest BCUT2D eigenvalue weighted by atomic mass is 9.90. The van der Waals surface area contributed by atoms with Crippen LogP contribution in [0.1, 0.15) is 48.5 Å². The smallest absolute Gasteiger partial charge is 0.250 e. The monoisotopic (exact) mass is 336 g/mol. The fourth-order valence-corrected chi connectivity index (χ4v) is 3.26. The van der Waals surface area contributed by atoms with Crippen LogP contribution in [0, 0.1) is 5.41 Å². The van der Waals surface area contributed by atoms with Gasteiger partial charge in [-0.3, -0.25) is 4.79 Å². The number of likely N-dealkylation sites (N-methyl/N-ethyl adjacent to an activating group) is 1. The highest BCUT2D eigenvalue weighted by atomic mass is 32.2. The molecule has 6 nitrogen and oxygen atoms in total. The Labute approximate surface area is 135 Å². The zero-order chi connectivity index (χ0) is 17.9. The fraction of sp³-hybridized carbons (Fsp3) is 0.933. The maximum atomic E-state index is 12.1. The average Bonchev–Trinajstić information content (AvgIpc) is 2.28. The second kappa shape index (κ2) is 7.27. The summed E-state index contributed by atoms with van der Waals surface area (Å²) in [6, 6.07) is 0. The van der Waals surface area contributed by atoms with Crippen LogP contribution in [0.3, 0.4) is 0 Å². The fourth-order valence-electron chi connectivity index (χ4n) is 1.86. The minimum Gasteiger partial charge on any atom is -0.364 e. The van der Waals surface area contributed by atoms with Crippen molar-refractivity contribution in [3.8, 4) is 0 Å². The van der Waals surface area contributed by atoms with E-state index in [2.05, 4.69) is 5.32 Å². The van der Waals surface area contributed by atoms with Crippen LogP contribution < -0.4 is 5.32 Å². The molecule has 2 unspecified atom stereocenters. The van der Waals surface area contributed by atoms with E-state index >= 15 is 0 Å². The van der Waals surface area contributed by atoms with E-state index in [1.165, 1.54) is 11.4 Å². The Morgan fingerprint density at radius 3 is 1.91 bits per heavy atom. The molecule has 0 radical (unpaired) electrons. The van der Waals surface area contributed by atoms with Crippen molar-refractivity contribution in [2.45, 2.75) is 66.2 Å². The maximum absolute atomic E-state index is 12.1. The van der Waals surface area contributed by atoms with Crippen molar-refractivity contribution in [2.24, 2.45) is 5.41 Å². The van der Waals surface area contributed by atoms with E-state index in [-0.39, 0.29) is 24.0 Å². The summed E-state index contributed by atoms with van der Waals surface area (Å²) < 4.78 is 31.3. The summed E-state index contributed by atoms with van der Waals surface area (Å²) in [6.07, 6.45) is 0.0937. The first-order valence-corrected chi connectivity index (χ1v) is 9.30. The van der Waals surface area contributed by atoms with E-state index < -0.39 is 21.7 Å².